The zero-order valence-electron chi connectivity index (χ0n) is 33.6. The molecule has 0 radical (unpaired) electrons. The average molecular weight is 792 g/mol. The SMILES string of the molecule is c1ccc(-c2ccc3c(c2)c2cc(-c4ccc5c6ccccc6n(-c6cccc(-c7nc(-c8ccccc8)nc(-c8ccccc8)n7)c6)c5c4)ccc2n3-c2ccccc2)cc1. The summed E-state index contributed by atoms with van der Waals surface area (Å²) in [7, 11) is 0. The molecule has 0 atom stereocenters. The summed E-state index contributed by atoms with van der Waals surface area (Å²) in [6.45, 7) is 0. The zero-order chi connectivity index (χ0) is 41.0. The first-order chi connectivity index (χ1) is 30.7. The van der Waals surface area contributed by atoms with Crippen LogP contribution < -0.4 is 0 Å². The minimum Gasteiger partial charge on any atom is -0.309 e. The van der Waals surface area contributed by atoms with Gasteiger partial charge >= 0.3 is 0 Å². The van der Waals surface area contributed by atoms with Gasteiger partial charge in [-0.2, -0.15) is 0 Å². The number of aromatic nitrogens is 5. The first-order valence-electron chi connectivity index (χ1n) is 20.9. The molecule has 0 N–H and O–H groups in total. The lowest BCUT2D eigenvalue weighted by Gasteiger charge is -2.12. The summed E-state index contributed by atoms with van der Waals surface area (Å²) in [6.07, 6.45) is 0. The van der Waals surface area contributed by atoms with E-state index >= 15 is 0 Å². The van der Waals surface area contributed by atoms with Crippen molar-refractivity contribution in [3.8, 4) is 67.8 Å². The Kier molecular flexibility index (Phi) is 8.42. The van der Waals surface area contributed by atoms with E-state index in [9.17, 15) is 0 Å². The van der Waals surface area contributed by atoms with Crippen LogP contribution >= 0.6 is 0 Å². The number of para-hydroxylation sites is 2. The Balaban J connectivity index is 1.02. The summed E-state index contributed by atoms with van der Waals surface area (Å²) in [6, 6.07) is 79.5. The lowest BCUT2D eigenvalue weighted by atomic mass is 9.99. The fourth-order valence-electron chi connectivity index (χ4n) is 9.02. The standard InChI is InChI=1S/C57H37N5/c1-5-16-38(17-6-1)41-29-32-52-49(35-41)50-36-42(30-33-53(50)61(52)45-23-11-4-12-24-45)43-28-31-48-47-26-13-14-27-51(47)62(54(48)37-43)46-25-15-22-44(34-46)57-59-55(39-18-7-2-8-19-39)58-56(60-57)40-20-9-3-10-21-40/h1-37H. The van der Waals surface area contributed by atoms with Crippen LogP contribution in [0.3, 0.4) is 0 Å². The number of hydrogen-bond donors (Lipinski definition) is 0. The molecular weight excluding hydrogens is 755 g/mol. The maximum absolute atomic E-state index is 5.06. The van der Waals surface area contributed by atoms with Gasteiger partial charge in [-0.25, -0.2) is 15.0 Å². The van der Waals surface area contributed by atoms with Crippen LogP contribution in [0.5, 0.6) is 0 Å². The third-order valence-corrected chi connectivity index (χ3v) is 12.0. The summed E-state index contributed by atoms with van der Waals surface area (Å²) < 4.78 is 4.76. The highest BCUT2D eigenvalue weighted by atomic mass is 15.0. The van der Waals surface area contributed by atoms with Gasteiger partial charge in [0.05, 0.1) is 22.1 Å². The molecule has 0 unspecified atom stereocenters. The fraction of sp³-hybridized carbons (Fsp3) is 0. The van der Waals surface area contributed by atoms with Gasteiger partial charge in [0.15, 0.2) is 17.5 Å². The van der Waals surface area contributed by atoms with Crippen molar-refractivity contribution >= 4 is 43.6 Å². The summed E-state index contributed by atoms with van der Waals surface area (Å²) >= 11 is 0. The first kappa shape index (κ1) is 35.5. The Morgan fingerprint density at radius 2 is 0.645 bits per heavy atom. The Morgan fingerprint density at radius 1 is 0.226 bits per heavy atom. The second kappa shape index (κ2) is 14.7. The molecule has 0 spiro atoms. The number of nitrogens with zero attached hydrogens (tertiary/aromatic N) is 5. The molecule has 0 bridgehead atoms. The van der Waals surface area contributed by atoms with Gasteiger partial charge in [-0.1, -0.05) is 164 Å². The zero-order valence-corrected chi connectivity index (χ0v) is 33.6. The van der Waals surface area contributed by atoms with Gasteiger partial charge in [-0.05, 0) is 82.9 Å². The number of fused-ring (bicyclic) bond motifs is 6. The van der Waals surface area contributed by atoms with E-state index in [-0.39, 0.29) is 0 Å². The molecule has 62 heavy (non-hydrogen) atoms. The Labute approximate surface area is 358 Å². The smallest absolute Gasteiger partial charge is 0.164 e. The normalized spacial score (nSPS) is 11.5. The van der Waals surface area contributed by atoms with Gasteiger partial charge in [0, 0.05) is 49.6 Å². The predicted octanol–water partition coefficient (Wildman–Crippen LogP) is 14.4. The molecular formula is C57H37N5. The Bertz CT molecular complexity index is 3550. The molecule has 0 saturated carbocycles. The van der Waals surface area contributed by atoms with Crippen LogP contribution in [0.4, 0.5) is 0 Å². The highest BCUT2D eigenvalue weighted by molar-refractivity contribution is 6.13. The van der Waals surface area contributed by atoms with Crippen LogP contribution in [0.15, 0.2) is 224 Å². The van der Waals surface area contributed by atoms with Crippen molar-refractivity contribution in [2.24, 2.45) is 0 Å². The highest BCUT2D eigenvalue weighted by Gasteiger charge is 2.18. The van der Waals surface area contributed by atoms with Gasteiger partial charge in [-0.3, -0.25) is 0 Å². The van der Waals surface area contributed by atoms with Crippen LogP contribution in [0.1, 0.15) is 0 Å². The Hall–Kier alpha value is -8.41. The van der Waals surface area contributed by atoms with E-state index in [1.165, 1.54) is 43.7 Å². The molecule has 0 aliphatic heterocycles. The molecule has 0 amide bonds. The predicted molar refractivity (Wildman–Crippen MR) is 256 cm³/mol. The molecule has 12 aromatic rings. The van der Waals surface area contributed by atoms with Gasteiger partial charge in [0.1, 0.15) is 0 Å². The third-order valence-electron chi connectivity index (χ3n) is 12.0. The molecule has 9 aromatic carbocycles. The van der Waals surface area contributed by atoms with Crippen LogP contribution in [0.2, 0.25) is 0 Å². The van der Waals surface area contributed by atoms with Crippen molar-refractivity contribution in [3.05, 3.63) is 224 Å². The van der Waals surface area contributed by atoms with Crippen LogP contribution in [-0.4, -0.2) is 24.1 Å². The summed E-state index contributed by atoms with van der Waals surface area (Å²) in [5.74, 6) is 1.91. The lowest BCUT2D eigenvalue weighted by Crippen LogP contribution is -2.01. The molecule has 5 nitrogen and oxygen atoms in total. The summed E-state index contributed by atoms with van der Waals surface area (Å²) in [5.41, 5.74) is 14.3. The van der Waals surface area contributed by atoms with Crippen molar-refractivity contribution in [2.45, 2.75) is 0 Å². The topological polar surface area (TPSA) is 48.5 Å². The number of benzene rings is 9. The fourth-order valence-corrected chi connectivity index (χ4v) is 9.02. The highest BCUT2D eigenvalue weighted by Crippen LogP contribution is 2.40. The number of hydrogen-bond acceptors (Lipinski definition) is 3. The van der Waals surface area contributed by atoms with E-state index in [0.29, 0.717) is 17.5 Å². The average Bonchev–Trinajstić information content (AvgIpc) is 3.86. The van der Waals surface area contributed by atoms with E-state index in [4.69, 9.17) is 15.0 Å². The van der Waals surface area contributed by atoms with Gasteiger partial charge < -0.3 is 9.13 Å². The van der Waals surface area contributed by atoms with Gasteiger partial charge in [0.2, 0.25) is 0 Å². The minimum atomic E-state index is 0.624. The van der Waals surface area contributed by atoms with Gasteiger partial charge in [-0.15, -0.1) is 0 Å². The molecule has 0 aliphatic rings. The molecule has 12 rings (SSSR count). The van der Waals surface area contributed by atoms with Crippen molar-refractivity contribution in [1.29, 1.82) is 0 Å². The van der Waals surface area contributed by atoms with Gasteiger partial charge in [0.25, 0.3) is 0 Å². The molecule has 0 aliphatic carbocycles. The first-order valence-corrected chi connectivity index (χ1v) is 20.9. The molecule has 0 saturated heterocycles. The largest absolute Gasteiger partial charge is 0.309 e. The van der Waals surface area contributed by atoms with E-state index < -0.39 is 0 Å². The van der Waals surface area contributed by atoms with Crippen molar-refractivity contribution in [1.82, 2.24) is 24.1 Å². The molecule has 3 heterocycles. The molecule has 0 fully saturated rings. The van der Waals surface area contributed by atoms with Crippen molar-refractivity contribution < 1.29 is 0 Å². The quantitative estimate of drug-likeness (QED) is 0.162. The molecule has 3 aromatic heterocycles. The molecule has 290 valence electrons. The minimum absolute atomic E-state index is 0.624. The maximum atomic E-state index is 5.06. The van der Waals surface area contributed by atoms with E-state index in [1.807, 2.05) is 60.7 Å². The van der Waals surface area contributed by atoms with Crippen molar-refractivity contribution in [3.63, 3.8) is 0 Å². The van der Waals surface area contributed by atoms with Crippen LogP contribution in [0.25, 0.3) is 111 Å². The summed E-state index contributed by atoms with van der Waals surface area (Å²) in [4.78, 5) is 15.0. The van der Waals surface area contributed by atoms with Crippen molar-refractivity contribution in [2.75, 3.05) is 0 Å². The maximum Gasteiger partial charge on any atom is 0.164 e. The third kappa shape index (κ3) is 6.06. The van der Waals surface area contributed by atoms with E-state index in [1.54, 1.807) is 0 Å². The van der Waals surface area contributed by atoms with Crippen LogP contribution in [-0.2, 0) is 0 Å². The second-order valence-electron chi connectivity index (χ2n) is 15.7. The lowest BCUT2D eigenvalue weighted by molar-refractivity contribution is 1.07. The van der Waals surface area contributed by atoms with Crippen LogP contribution in [0, 0.1) is 0 Å². The monoisotopic (exact) mass is 791 g/mol. The number of rotatable bonds is 7. The Morgan fingerprint density at radius 3 is 1.27 bits per heavy atom. The van der Waals surface area contributed by atoms with E-state index in [0.717, 1.165) is 50.2 Å². The van der Waals surface area contributed by atoms with E-state index in [2.05, 4.69) is 173 Å². The second-order valence-corrected chi connectivity index (χ2v) is 15.7. The molecule has 5 heteroatoms. The summed E-state index contributed by atoms with van der Waals surface area (Å²) in [5, 5.41) is 4.84.